The Morgan fingerprint density at radius 1 is 1.15 bits per heavy atom. The van der Waals surface area contributed by atoms with E-state index < -0.39 is 28.8 Å². The predicted molar refractivity (Wildman–Crippen MR) is 96.6 cm³/mol. The van der Waals surface area contributed by atoms with Crippen LogP contribution >= 0.6 is 0 Å². The molecule has 0 aromatic heterocycles. The number of carbonyl (C=O) groups excluding carboxylic acids is 3. The monoisotopic (exact) mass is 378 g/mol. The number of hydrogen-bond donors (Lipinski definition) is 1. The molecule has 9 nitrogen and oxygen atoms in total. The highest BCUT2D eigenvalue weighted by Gasteiger charge is 2.22. The van der Waals surface area contributed by atoms with Crippen molar-refractivity contribution in [2.75, 3.05) is 13.2 Å². The molecule has 1 rings (SSSR count). The third-order valence-electron chi connectivity index (χ3n) is 3.36. The van der Waals surface area contributed by atoms with Crippen LogP contribution in [-0.4, -0.2) is 42.0 Å². The average molecular weight is 378 g/mol. The summed E-state index contributed by atoms with van der Waals surface area (Å²) in [7, 11) is 0. The number of carbonyl (C=O) groups is 3. The Bertz CT molecular complexity index is 698. The van der Waals surface area contributed by atoms with Crippen molar-refractivity contribution in [2.24, 2.45) is 0 Å². The van der Waals surface area contributed by atoms with E-state index in [1.807, 2.05) is 0 Å². The maximum atomic E-state index is 12.1. The van der Waals surface area contributed by atoms with E-state index in [1.165, 1.54) is 36.4 Å². The van der Waals surface area contributed by atoms with Gasteiger partial charge in [0.05, 0.1) is 18.1 Å². The van der Waals surface area contributed by atoms with E-state index in [2.05, 4.69) is 5.32 Å². The molecule has 1 aromatic rings. The Morgan fingerprint density at radius 2 is 1.78 bits per heavy atom. The number of rotatable bonds is 10. The van der Waals surface area contributed by atoms with Gasteiger partial charge < -0.3 is 14.8 Å². The van der Waals surface area contributed by atoms with Crippen LogP contribution in [-0.2, 0) is 23.9 Å². The third-order valence-corrected chi connectivity index (χ3v) is 3.36. The van der Waals surface area contributed by atoms with Gasteiger partial charge in [0.2, 0.25) is 5.91 Å². The molecule has 0 saturated carbocycles. The quantitative estimate of drug-likeness (QED) is 0.286. The van der Waals surface area contributed by atoms with Gasteiger partial charge in [0, 0.05) is 24.6 Å². The maximum Gasteiger partial charge on any atom is 0.328 e. The number of amides is 1. The summed E-state index contributed by atoms with van der Waals surface area (Å²) in [4.78, 5) is 45.5. The molecule has 1 atom stereocenters. The number of hydrogen-bond acceptors (Lipinski definition) is 7. The summed E-state index contributed by atoms with van der Waals surface area (Å²) < 4.78 is 9.70. The minimum absolute atomic E-state index is 0.0380. The molecule has 0 saturated heterocycles. The largest absolute Gasteiger partial charge is 0.466 e. The number of benzene rings is 1. The molecule has 0 spiro atoms. The number of nitro benzene ring substituents is 1. The molecule has 0 bridgehead atoms. The first-order valence-electron chi connectivity index (χ1n) is 8.42. The van der Waals surface area contributed by atoms with Crippen LogP contribution in [0.4, 0.5) is 5.69 Å². The van der Waals surface area contributed by atoms with Crippen molar-refractivity contribution in [3.8, 4) is 0 Å². The molecule has 27 heavy (non-hydrogen) atoms. The molecule has 0 aliphatic rings. The summed E-state index contributed by atoms with van der Waals surface area (Å²) in [6.45, 7) is 3.68. The number of nitrogens with one attached hydrogen (secondary N) is 1. The molecule has 0 unspecified atom stereocenters. The highest BCUT2D eigenvalue weighted by molar-refractivity contribution is 5.94. The first-order chi connectivity index (χ1) is 12.9. The fraction of sp³-hybridized carbons (Fsp3) is 0.389. The Balaban J connectivity index is 2.69. The molecule has 1 aromatic carbocycles. The minimum Gasteiger partial charge on any atom is -0.466 e. The van der Waals surface area contributed by atoms with Crippen LogP contribution in [0.25, 0.3) is 6.08 Å². The molecule has 1 N–H and O–H groups in total. The van der Waals surface area contributed by atoms with Crippen LogP contribution in [0.2, 0.25) is 0 Å². The second kappa shape index (κ2) is 11.4. The summed E-state index contributed by atoms with van der Waals surface area (Å²) in [5, 5.41) is 13.1. The summed E-state index contributed by atoms with van der Waals surface area (Å²) in [6, 6.07) is 4.64. The van der Waals surface area contributed by atoms with E-state index in [4.69, 9.17) is 9.47 Å². The van der Waals surface area contributed by atoms with E-state index in [1.54, 1.807) is 13.8 Å². The highest BCUT2D eigenvalue weighted by Crippen LogP contribution is 2.12. The van der Waals surface area contributed by atoms with E-state index in [0.29, 0.717) is 5.56 Å². The lowest BCUT2D eigenvalue weighted by molar-refractivity contribution is -0.384. The second-order valence-electron chi connectivity index (χ2n) is 5.34. The van der Waals surface area contributed by atoms with Crippen LogP contribution in [0, 0.1) is 10.1 Å². The third kappa shape index (κ3) is 8.13. The van der Waals surface area contributed by atoms with E-state index in [9.17, 15) is 24.5 Å². The lowest BCUT2D eigenvalue weighted by atomic mass is 10.1. The Morgan fingerprint density at radius 3 is 2.33 bits per heavy atom. The van der Waals surface area contributed by atoms with Gasteiger partial charge in [0.25, 0.3) is 5.69 Å². The van der Waals surface area contributed by atoms with Gasteiger partial charge in [-0.25, -0.2) is 4.79 Å². The molecule has 0 fully saturated rings. The zero-order valence-corrected chi connectivity index (χ0v) is 15.2. The normalized spacial score (nSPS) is 11.6. The van der Waals surface area contributed by atoms with Crippen molar-refractivity contribution >= 4 is 29.6 Å². The first-order valence-corrected chi connectivity index (χ1v) is 8.42. The van der Waals surface area contributed by atoms with Crippen molar-refractivity contribution in [2.45, 2.75) is 32.7 Å². The molecule has 146 valence electrons. The molecule has 0 radical (unpaired) electrons. The number of ether oxygens (including phenoxy) is 2. The van der Waals surface area contributed by atoms with E-state index in [0.717, 1.165) is 0 Å². The first kappa shape index (κ1) is 21.8. The van der Waals surface area contributed by atoms with Gasteiger partial charge in [0.1, 0.15) is 6.04 Å². The van der Waals surface area contributed by atoms with Crippen molar-refractivity contribution in [1.82, 2.24) is 5.32 Å². The number of non-ortho nitro benzene ring substituents is 1. The smallest absolute Gasteiger partial charge is 0.328 e. The van der Waals surface area contributed by atoms with Crippen LogP contribution in [0.5, 0.6) is 0 Å². The summed E-state index contributed by atoms with van der Waals surface area (Å²) >= 11 is 0. The molecule has 0 heterocycles. The summed E-state index contributed by atoms with van der Waals surface area (Å²) in [5.41, 5.74) is 0.521. The lowest BCUT2D eigenvalue weighted by Crippen LogP contribution is -2.41. The van der Waals surface area contributed by atoms with E-state index in [-0.39, 0.29) is 31.7 Å². The van der Waals surface area contributed by atoms with Crippen LogP contribution in [0.1, 0.15) is 32.3 Å². The fourth-order valence-corrected chi connectivity index (χ4v) is 2.09. The summed E-state index contributed by atoms with van der Waals surface area (Å²) in [5.74, 6) is -1.67. The second-order valence-corrected chi connectivity index (χ2v) is 5.34. The molecule has 1 amide bonds. The molecular weight excluding hydrogens is 356 g/mol. The van der Waals surface area contributed by atoms with Gasteiger partial charge in [-0.1, -0.05) is 0 Å². The number of esters is 2. The summed E-state index contributed by atoms with van der Waals surface area (Å²) in [6.07, 6.45) is 2.66. The van der Waals surface area contributed by atoms with Crippen molar-refractivity contribution in [3.05, 3.63) is 46.0 Å². The van der Waals surface area contributed by atoms with Gasteiger partial charge in [-0.3, -0.25) is 19.7 Å². The zero-order chi connectivity index (χ0) is 20.2. The topological polar surface area (TPSA) is 125 Å². The molecule has 0 aliphatic heterocycles. The van der Waals surface area contributed by atoms with Crippen molar-refractivity contribution < 1.29 is 28.8 Å². The Kier molecular flexibility index (Phi) is 9.21. The van der Waals surface area contributed by atoms with Crippen LogP contribution in [0.15, 0.2) is 30.3 Å². The fourth-order valence-electron chi connectivity index (χ4n) is 2.09. The Labute approximate surface area is 156 Å². The Hall–Kier alpha value is -3.23. The van der Waals surface area contributed by atoms with Gasteiger partial charge in [-0.05, 0) is 44.0 Å². The molecule has 9 heteroatoms. The van der Waals surface area contributed by atoms with Gasteiger partial charge in [-0.15, -0.1) is 0 Å². The van der Waals surface area contributed by atoms with Crippen molar-refractivity contribution in [1.29, 1.82) is 0 Å². The lowest BCUT2D eigenvalue weighted by Gasteiger charge is -2.15. The maximum absolute atomic E-state index is 12.1. The average Bonchev–Trinajstić information content (AvgIpc) is 2.64. The van der Waals surface area contributed by atoms with Crippen LogP contribution in [0.3, 0.4) is 0 Å². The highest BCUT2D eigenvalue weighted by atomic mass is 16.6. The standard InChI is InChI=1S/C18H22N2O7/c1-3-26-17(22)12-10-15(18(23)27-4-2)19-16(21)11-7-13-5-8-14(9-6-13)20(24)25/h5-9,11,15H,3-4,10,12H2,1-2H3,(H,19,21)/b11-7+/t15-/m1/s1. The number of nitrogens with zero attached hydrogens (tertiary/aromatic N) is 1. The van der Waals surface area contributed by atoms with Crippen LogP contribution < -0.4 is 5.32 Å². The number of nitro groups is 1. The van der Waals surface area contributed by atoms with E-state index >= 15 is 0 Å². The zero-order valence-electron chi connectivity index (χ0n) is 15.2. The molecular formula is C18H22N2O7. The SMILES string of the molecule is CCOC(=O)CC[C@@H](NC(=O)/C=C/c1ccc([N+](=O)[O-])cc1)C(=O)OCC. The van der Waals surface area contributed by atoms with Crippen molar-refractivity contribution in [3.63, 3.8) is 0 Å². The molecule has 0 aliphatic carbocycles. The predicted octanol–water partition coefficient (Wildman–Crippen LogP) is 2.00. The minimum atomic E-state index is -0.983. The van der Waals surface area contributed by atoms with Gasteiger partial charge in [0.15, 0.2) is 0 Å². The van der Waals surface area contributed by atoms with Gasteiger partial charge >= 0.3 is 11.9 Å². The van der Waals surface area contributed by atoms with Gasteiger partial charge in [-0.2, -0.15) is 0 Å².